The number of Topliss-reactive ketones (excluding diaryl/α,β-unsaturated/α-hetero) is 3. The van der Waals surface area contributed by atoms with Crippen LogP contribution in [0.4, 0.5) is 5.69 Å². The molecular formula is C35H26ClNO4. The molecule has 0 saturated carbocycles. The maximum atomic E-state index is 14.7. The molecule has 0 N–H and O–H groups in total. The van der Waals surface area contributed by atoms with E-state index in [0.29, 0.717) is 27.5 Å². The molecule has 41 heavy (non-hydrogen) atoms. The van der Waals surface area contributed by atoms with Gasteiger partial charge in [0.05, 0.1) is 13.2 Å². The van der Waals surface area contributed by atoms with E-state index in [1.807, 2.05) is 84.6 Å². The summed E-state index contributed by atoms with van der Waals surface area (Å²) in [6.45, 7) is 1.97. The van der Waals surface area contributed by atoms with Gasteiger partial charge >= 0.3 is 0 Å². The first-order chi connectivity index (χ1) is 19.9. The van der Waals surface area contributed by atoms with Gasteiger partial charge in [-0.05, 0) is 48.4 Å². The Kier molecular flexibility index (Phi) is 5.77. The molecule has 4 aromatic rings. The summed E-state index contributed by atoms with van der Waals surface area (Å²) in [5, 5.41) is 0.564. The summed E-state index contributed by atoms with van der Waals surface area (Å²) >= 11 is 6.37. The molecule has 3 aliphatic rings. The number of hydrogen-bond acceptors (Lipinski definition) is 5. The molecule has 1 spiro atoms. The SMILES string of the molecule is COc1ccc([C@H]2[C@H](C(=O)c3ccc(C)cc3)N3c4ccc(Cl)cc4C=C[C@H]3C23C(=O)c2ccccc2C3=O)cc1. The molecule has 0 radical (unpaired) electrons. The Hall–Kier alpha value is -4.48. The van der Waals surface area contributed by atoms with Gasteiger partial charge < -0.3 is 9.64 Å². The molecule has 0 aromatic heterocycles. The van der Waals surface area contributed by atoms with E-state index in [1.54, 1.807) is 37.4 Å². The summed E-state index contributed by atoms with van der Waals surface area (Å²) in [6.07, 6.45) is 3.82. The van der Waals surface area contributed by atoms with Crippen molar-refractivity contribution in [2.75, 3.05) is 12.0 Å². The van der Waals surface area contributed by atoms with Gasteiger partial charge in [-0.15, -0.1) is 0 Å². The van der Waals surface area contributed by atoms with Crippen LogP contribution in [0.3, 0.4) is 0 Å². The molecule has 6 heteroatoms. The molecule has 7 rings (SSSR count). The van der Waals surface area contributed by atoms with Gasteiger partial charge in [-0.2, -0.15) is 0 Å². The molecule has 4 aromatic carbocycles. The smallest absolute Gasteiger partial charge is 0.185 e. The quantitative estimate of drug-likeness (QED) is 0.199. The van der Waals surface area contributed by atoms with Gasteiger partial charge in [-0.25, -0.2) is 0 Å². The van der Waals surface area contributed by atoms with Crippen molar-refractivity contribution in [3.8, 4) is 5.75 Å². The van der Waals surface area contributed by atoms with Crippen molar-refractivity contribution >= 4 is 40.7 Å². The van der Waals surface area contributed by atoms with Crippen molar-refractivity contribution in [1.29, 1.82) is 0 Å². The molecule has 0 bridgehead atoms. The number of methoxy groups -OCH3 is 1. The number of nitrogens with zero attached hydrogens (tertiary/aromatic N) is 1. The van der Waals surface area contributed by atoms with E-state index in [2.05, 4.69) is 0 Å². The number of fused-ring (bicyclic) bond motifs is 5. The van der Waals surface area contributed by atoms with E-state index in [1.165, 1.54) is 0 Å². The third-order valence-corrected chi connectivity index (χ3v) is 9.08. The monoisotopic (exact) mass is 559 g/mol. The molecule has 0 amide bonds. The minimum atomic E-state index is -1.54. The Morgan fingerprint density at radius 1 is 0.878 bits per heavy atom. The van der Waals surface area contributed by atoms with Crippen LogP contribution in [0.25, 0.3) is 6.08 Å². The standard InChI is InChI=1S/C35H26ClNO4/c1-20-7-9-22(10-8-20)32(38)31-30(21-11-15-25(41-2)16-12-21)35(33(39)26-5-3-4-6-27(26)34(35)40)29-18-13-23-19-24(36)14-17-28(23)37(29)31/h3-19,29-31H,1-2H3/t29-,30-,31+/m0/s1. The number of hydrogen-bond donors (Lipinski definition) is 0. The highest BCUT2D eigenvalue weighted by atomic mass is 35.5. The molecule has 2 heterocycles. The van der Waals surface area contributed by atoms with E-state index < -0.39 is 23.4 Å². The number of rotatable bonds is 4. The van der Waals surface area contributed by atoms with Crippen molar-refractivity contribution in [3.63, 3.8) is 0 Å². The van der Waals surface area contributed by atoms with Crippen LogP contribution in [0.1, 0.15) is 53.7 Å². The third-order valence-electron chi connectivity index (χ3n) is 8.85. The predicted octanol–water partition coefficient (Wildman–Crippen LogP) is 6.97. The lowest BCUT2D eigenvalue weighted by molar-refractivity contribution is 0.0666. The van der Waals surface area contributed by atoms with Crippen molar-refractivity contribution in [1.82, 2.24) is 0 Å². The maximum absolute atomic E-state index is 14.7. The van der Waals surface area contributed by atoms with Crippen LogP contribution < -0.4 is 9.64 Å². The molecule has 3 atom stereocenters. The number of carbonyl (C=O) groups is 3. The van der Waals surface area contributed by atoms with E-state index in [9.17, 15) is 14.4 Å². The zero-order valence-corrected chi connectivity index (χ0v) is 23.3. The van der Waals surface area contributed by atoms with Gasteiger partial charge in [-0.3, -0.25) is 14.4 Å². The molecule has 2 aliphatic heterocycles. The van der Waals surface area contributed by atoms with Crippen LogP contribution in [0.2, 0.25) is 5.02 Å². The van der Waals surface area contributed by atoms with Gasteiger partial charge in [0.2, 0.25) is 0 Å². The molecule has 1 saturated heterocycles. The fraction of sp³-hybridized carbons (Fsp3) is 0.171. The fourth-order valence-electron chi connectivity index (χ4n) is 7.02. The average Bonchev–Trinajstić information content (AvgIpc) is 3.43. The predicted molar refractivity (Wildman–Crippen MR) is 159 cm³/mol. The number of carbonyl (C=O) groups excluding carboxylic acids is 3. The van der Waals surface area contributed by atoms with E-state index in [0.717, 1.165) is 22.4 Å². The summed E-state index contributed by atoms with van der Waals surface area (Å²) in [5.74, 6) is -0.788. The highest BCUT2D eigenvalue weighted by Crippen LogP contribution is 2.61. The second-order valence-electron chi connectivity index (χ2n) is 10.9. The van der Waals surface area contributed by atoms with Gasteiger partial charge in [0.1, 0.15) is 17.2 Å². The van der Waals surface area contributed by atoms with Gasteiger partial charge in [0.15, 0.2) is 17.3 Å². The zero-order valence-electron chi connectivity index (χ0n) is 22.5. The highest BCUT2D eigenvalue weighted by Gasteiger charge is 2.71. The number of benzene rings is 4. The third kappa shape index (κ3) is 3.52. The normalized spacial score (nSPS) is 21.5. The number of anilines is 1. The van der Waals surface area contributed by atoms with E-state index in [-0.39, 0.29) is 17.3 Å². The minimum absolute atomic E-state index is 0.152. The van der Waals surface area contributed by atoms with Crippen LogP contribution in [0.5, 0.6) is 5.75 Å². The Balaban J connectivity index is 1.54. The topological polar surface area (TPSA) is 63.7 Å². The largest absolute Gasteiger partial charge is 0.497 e. The first kappa shape index (κ1) is 25.5. The lowest BCUT2D eigenvalue weighted by Gasteiger charge is -2.37. The first-order valence-electron chi connectivity index (χ1n) is 13.6. The number of ether oxygens (including phenoxy) is 1. The number of aryl methyl sites for hydroxylation is 1. The van der Waals surface area contributed by atoms with Crippen molar-refractivity contribution in [2.45, 2.75) is 24.9 Å². The second-order valence-corrected chi connectivity index (χ2v) is 11.3. The maximum Gasteiger partial charge on any atom is 0.185 e. The Morgan fingerprint density at radius 2 is 1.54 bits per heavy atom. The summed E-state index contributed by atoms with van der Waals surface area (Å²) in [5.41, 5.74) is 3.13. The Labute approximate surface area is 243 Å². The molecule has 1 aliphatic carbocycles. The molecule has 5 nitrogen and oxygen atoms in total. The van der Waals surface area contributed by atoms with Crippen LogP contribution in [-0.4, -0.2) is 36.5 Å². The summed E-state index contributed by atoms with van der Waals surface area (Å²) in [6, 6.07) is 25.8. The van der Waals surface area contributed by atoms with Gasteiger partial charge in [0, 0.05) is 33.3 Å². The summed E-state index contributed by atoms with van der Waals surface area (Å²) < 4.78 is 5.41. The average molecular weight is 560 g/mol. The zero-order chi connectivity index (χ0) is 28.5. The Bertz CT molecular complexity index is 1740. The van der Waals surface area contributed by atoms with E-state index >= 15 is 0 Å². The fourth-order valence-corrected chi connectivity index (χ4v) is 7.20. The summed E-state index contributed by atoms with van der Waals surface area (Å²) in [4.78, 5) is 46.0. The Morgan fingerprint density at radius 3 is 2.17 bits per heavy atom. The van der Waals surface area contributed by atoms with Crippen LogP contribution >= 0.6 is 11.6 Å². The number of halogens is 1. The highest BCUT2D eigenvalue weighted by molar-refractivity contribution is 6.32. The first-order valence-corrected chi connectivity index (χ1v) is 13.9. The van der Waals surface area contributed by atoms with Crippen molar-refractivity contribution < 1.29 is 19.1 Å². The molecule has 0 unspecified atom stereocenters. The lowest BCUT2D eigenvalue weighted by atomic mass is 9.64. The van der Waals surface area contributed by atoms with Gasteiger partial charge in [0.25, 0.3) is 0 Å². The summed E-state index contributed by atoms with van der Waals surface area (Å²) in [7, 11) is 1.59. The molecule has 1 fully saturated rings. The van der Waals surface area contributed by atoms with Crippen LogP contribution in [-0.2, 0) is 0 Å². The van der Waals surface area contributed by atoms with Crippen LogP contribution in [0.15, 0.2) is 97.1 Å². The molecule has 202 valence electrons. The van der Waals surface area contributed by atoms with Crippen molar-refractivity contribution in [2.24, 2.45) is 5.41 Å². The minimum Gasteiger partial charge on any atom is -0.497 e. The van der Waals surface area contributed by atoms with Crippen LogP contribution in [0, 0.1) is 12.3 Å². The molecular weight excluding hydrogens is 534 g/mol. The van der Waals surface area contributed by atoms with Gasteiger partial charge in [-0.1, -0.05) is 90.0 Å². The number of ketones is 3. The lowest BCUT2D eigenvalue weighted by Crippen LogP contribution is -2.48. The second kappa shape index (κ2) is 9.28. The van der Waals surface area contributed by atoms with E-state index in [4.69, 9.17) is 16.3 Å². The van der Waals surface area contributed by atoms with Crippen molar-refractivity contribution in [3.05, 3.63) is 135 Å².